The fraction of sp³-hybridized carbons (Fsp3) is 0.167. The van der Waals surface area contributed by atoms with E-state index in [9.17, 15) is 0 Å². The third-order valence-corrected chi connectivity index (χ3v) is 14.8. The second-order valence-electron chi connectivity index (χ2n) is 14.3. The first-order chi connectivity index (χ1) is 25.7. The molecular weight excluding hydrogens is 687 g/mol. The number of hydrogen-bond acceptors (Lipinski definition) is 4. The number of thioether (sulfide) groups is 2. The Kier molecular flexibility index (Phi) is 8.35. The van der Waals surface area contributed by atoms with Gasteiger partial charge in [0, 0.05) is 59.5 Å². The van der Waals surface area contributed by atoms with E-state index in [1.54, 1.807) is 0 Å². The Morgan fingerprint density at radius 2 is 1.77 bits per heavy atom. The van der Waals surface area contributed by atoms with E-state index in [0.717, 1.165) is 49.1 Å². The number of fused-ring (bicyclic) bond motifs is 6. The largest absolute Gasteiger partial charge is 0.355 e. The van der Waals surface area contributed by atoms with Crippen molar-refractivity contribution < 1.29 is 0 Å². The van der Waals surface area contributed by atoms with Crippen LogP contribution in [0.1, 0.15) is 64.7 Å². The van der Waals surface area contributed by atoms with E-state index >= 15 is 0 Å². The van der Waals surface area contributed by atoms with Crippen LogP contribution in [-0.4, -0.2) is 5.25 Å². The van der Waals surface area contributed by atoms with Gasteiger partial charge in [0.05, 0.1) is 0 Å². The highest BCUT2D eigenvalue weighted by molar-refractivity contribution is 8.05. The van der Waals surface area contributed by atoms with Crippen molar-refractivity contribution >= 4 is 61.8 Å². The molecule has 2 aliphatic heterocycles. The van der Waals surface area contributed by atoms with Crippen molar-refractivity contribution in [3.63, 3.8) is 0 Å². The standard InChI is InChI=1S/C48H39NS3/c1-30-35-15-5-8-21-42(35)50-26-25-41(46(30)40-20-12-24-45-47(40)39-17-7-10-23-44(39)51-45)49-34-28-32(31-13-3-2-4-14-31)27-33(29-34)36-18-11-19-38-37-16-6-9-22-43(37)52-48(36)38/h2-7,9-11,13,15-20,22-23,25-29,31,38,48-49H,1,8,12,14,21,24H2/b26-25-,46-41-. The summed E-state index contributed by atoms with van der Waals surface area (Å²) in [4.78, 5) is 4.30. The van der Waals surface area contributed by atoms with E-state index in [2.05, 4.69) is 144 Å². The van der Waals surface area contributed by atoms with E-state index < -0.39 is 0 Å². The minimum atomic E-state index is 0.335. The number of hydrogen-bond donors (Lipinski definition) is 1. The molecule has 0 radical (unpaired) electrons. The minimum Gasteiger partial charge on any atom is -0.355 e. The van der Waals surface area contributed by atoms with E-state index in [0.29, 0.717) is 17.1 Å². The highest BCUT2D eigenvalue weighted by Gasteiger charge is 2.36. The molecule has 10 rings (SSSR count). The molecule has 52 heavy (non-hydrogen) atoms. The molecule has 1 N–H and O–H groups in total. The van der Waals surface area contributed by atoms with Gasteiger partial charge >= 0.3 is 0 Å². The van der Waals surface area contributed by atoms with Crippen LogP contribution in [0, 0.1) is 0 Å². The van der Waals surface area contributed by atoms with Gasteiger partial charge in [-0.3, -0.25) is 0 Å². The average molecular weight is 726 g/mol. The normalized spacial score (nSPS) is 25.2. The van der Waals surface area contributed by atoms with Crippen LogP contribution in [0.15, 0.2) is 178 Å². The number of rotatable bonds is 5. The van der Waals surface area contributed by atoms with Gasteiger partial charge in [-0.25, -0.2) is 0 Å². The lowest BCUT2D eigenvalue weighted by Crippen LogP contribution is -2.14. The SMILES string of the molecule is C=C1C2=C(CCC=C2)S/C=C\C(Nc2cc(C3=CC=CC4c5ccccc5SC34)cc(C3C=CC=CC3)c2)=C/1C1=CCCc2sc3ccccc3c21. The zero-order chi connectivity index (χ0) is 34.6. The second-order valence-corrected chi connectivity index (χ2v) is 17.6. The molecule has 3 heterocycles. The highest BCUT2D eigenvalue weighted by Crippen LogP contribution is 2.53. The lowest BCUT2D eigenvalue weighted by atomic mass is 9.82. The van der Waals surface area contributed by atoms with Gasteiger partial charge in [0.25, 0.3) is 0 Å². The molecule has 0 bridgehead atoms. The highest BCUT2D eigenvalue weighted by atomic mass is 32.2. The molecule has 254 valence electrons. The summed E-state index contributed by atoms with van der Waals surface area (Å²) in [5.41, 5.74) is 14.0. The van der Waals surface area contributed by atoms with Crippen LogP contribution < -0.4 is 5.32 Å². The van der Waals surface area contributed by atoms with E-state index in [1.807, 2.05) is 34.9 Å². The maximum absolute atomic E-state index is 4.90. The molecule has 3 unspecified atom stereocenters. The van der Waals surface area contributed by atoms with E-state index in [1.165, 1.54) is 69.3 Å². The van der Waals surface area contributed by atoms with E-state index in [-0.39, 0.29) is 0 Å². The maximum atomic E-state index is 4.90. The minimum absolute atomic E-state index is 0.335. The molecule has 0 fully saturated rings. The Hall–Kier alpha value is -4.48. The third kappa shape index (κ3) is 5.64. The molecule has 0 amide bonds. The van der Waals surface area contributed by atoms with Crippen molar-refractivity contribution in [1.82, 2.24) is 0 Å². The van der Waals surface area contributed by atoms with Crippen LogP contribution in [0.5, 0.6) is 0 Å². The fourth-order valence-electron chi connectivity index (χ4n) is 8.68. The zero-order valence-electron chi connectivity index (χ0n) is 29.0. The molecular formula is C48H39NS3. The summed E-state index contributed by atoms with van der Waals surface area (Å²) in [7, 11) is 0. The van der Waals surface area contributed by atoms with Gasteiger partial charge in [-0.1, -0.05) is 110 Å². The predicted molar refractivity (Wildman–Crippen MR) is 228 cm³/mol. The molecule has 0 saturated heterocycles. The monoisotopic (exact) mass is 725 g/mol. The summed E-state index contributed by atoms with van der Waals surface area (Å²) >= 11 is 5.83. The van der Waals surface area contributed by atoms with Gasteiger partial charge < -0.3 is 5.32 Å². The fourth-order valence-corrected chi connectivity index (χ4v) is 12.3. The topological polar surface area (TPSA) is 12.0 Å². The molecule has 4 aliphatic carbocycles. The predicted octanol–water partition coefficient (Wildman–Crippen LogP) is 13.8. The molecule has 1 aromatic heterocycles. The van der Waals surface area contributed by atoms with Crippen molar-refractivity contribution in [2.45, 2.75) is 54.1 Å². The van der Waals surface area contributed by atoms with Gasteiger partial charge in [-0.15, -0.1) is 34.9 Å². The Labute approximate surface area is 319 Å². The van der Waals surface area contributed by atoms with Crippen LogP contribution in [-0.2, 0) is 6.42 Å². The van der Waals surface area contributed by atoms with Crippen molar-refractivity contribution in [1.29, 1.82) is 0 Å². The van der Waals surface area contributed by atoms with Crippen LogP contribution >= 0.6 is 34.9 Å². The van der Waals surface area contributed by atoms with Gasteiger partial charge in [-0.2, -0.15) is 0 Å². The van der Waals surface area contributed by atoms with Gasteiger partial charge in [0.2, 0.25) is 0 Å². The smallest absolute Gasteiger partial charge is 0.0475 e. The number of nitrogens with one attached hydrogen (secondary N) is 1. The van der Waals surface area contributed by atoms with Crippen LogP contribution in [0.2, 0.25) is 0 Å². The summed E-state index contributed by atoms with van der Waals surface area (Å²) in [6.07, 6.45) is 30.8. The number of benzene rings is 3. The number of aryl methyl sites for hydroxylation is 1. The number of allylic oxidation sites excluding steroid dienone is 16. The van der Waals surface area contributed by atoms with Crippen LogP contribution in [0.4, 0.5) is 5.69 Å². The summed E-state index contributed by atoms with van der Waals surface area (Å²) in [5.74, 6) is 0.725. The second kappa shape index (κ2) is 13.5. The quantitative estimate of drug-likeness (QED) is 0.220. The summed E-state index contributed by atoms with van der Waals surface area (Å²) in [6, 6.07) is 25.2. The molecule has 3 aromatic carbocycles. The summed E-state index contributed by atoms with van der Waals surface area (Å²) in [6.45, 7) is 4.90. The number of anilines is 1. The first-order valence-corrected chi connectivity index (χ1v) is 21.0. The Bertz CT molecular complexity index is 2450. The Morgan fingerprint density at radius 1 is 0.846 bits per heavy atom. The summed E-state index contributed by atoms with van der Waals surface area (Å²) < 4.78 is 1.36. The maximum Gasteiger partial charge on any atom is 0.0475 e. The average Bonchev–Trinajstić information content (AvgIpc) is 3.77. The van der Waals surface area contributed by atoms with Crippen LogP contribution in [0.3, 0.4) is 0 Å². The first kappa shape index (κ1) is 32.2. The molecule has 4 aromatic rings. The van der Waals surface area contributed by atoms with Gasteiger partial charge in [0.1, 0.15) is 0 Å². The lowest BCUT2D eigenvalue weighted by Gasteiger charge is -2.28. The lowest BCUT2D eigenvalue weighted by molar-refractivity contribution is 0.852. The van der Waals surface area contributed by atoms with Crippen molar-refractivity contribution in [2.24, 2.45) is 0 Å². The molecule has 4 heteroatoms. The van der Waals surface area contributed by atoms with E-state index in [4.69, 9.17) is 6.58 Å². The molecule has 6 aliphatic rings. The van der Waals surface area contributed by atoms with Crippen molar-refractivity contribution in [3.8, 4) is 0 Å². The van der Waals surface area contributed by atoms with Gasteiger partial charge in [-0.05, 0) is 112 Å². The first-order valence-electron chi connectivity index (χ1n) is 18.5. The van der Waals surface area contributed by atoms with Gasteiger partial charge in [0.15, 0.2) is 0 Å². The third-order valence-electron chi connectivity index (χ3n) is 11.1. The van der Waals surface area contributed by atoms with Crippen molar-refractivity contribution in [2.75, 3.05) is 5.32 Å². The Morgan fingerprint density at radius 3 is 2.71 bits per heavy atom. The van der Waals surface area contributed by atoms with Crippen molar-refractivity contribution in [3.05, 3.63) is 200 Å². The molecule has 0 spiro atoms. The molecule has 3 atom stereocenters. The molecule has 1 nitrogen and oxygen atoms in total. The number of thiophene rings is 1. The zero-order valence-corrected chi connectivity index (χ0v) is 31.4. The van der Waals surface area contributed by atoms with Crippen LogP contribution in [0.25, 0.3) is 21.2 Å². The molecule has 0 saturated carbocycles. The summed E-state index contributed by atoms with van der Waals surface area (Å²) in [5, 5.41) is 8.08. The Balaban J connectivity index is 1.13.